The molecule has 2 rings (SSSR count). The van der Waals surface area contributed by atoms with E-state index < -0.39 is 0 Å². The third kappa shape index (κ3) is 15.0. The van der Waals surface area contributed by atoms with Gasteiger partial charge in [-0.05, 0) is 0 Å². The van der Waals surface area contributed by atoms with Gasteiger partial charge in [0.2, 0.25) is 0 Å². The van der Waals surface area contributed by atoms with Crippen molar-refractivity contribution < 1.29 is 44.0 Å². The Kier molecular flexibility index (Phi) is 27.2. The van der Waals surface area contributed by atoms with Gasteiger partial charge in [-0.1, -0.05) is 0 Å². The van der Waals surface area contributed by atoms with Gasteiger partial charge in [-0.3, -0.25) is 12.2 Å². The van der Waals surface area contributed by atoms with Crippen LogP contribution in [0.15, 0.2) is 36.5 Å². The van der Waals surface area contributed by atoms with Gasteiger partial charge in [0.05, 0.1) is 0 Å². The van der Waals surface area contributed by atoms with Gasteiger partial charge in [-0.2, -0.15) is 12.2 Å². The Balaban J connectivity index is -0.000000131. The van der Waals surface area contributed by atoms with Crippen molar-refractivity contribution in [2.75, 3.05) is 0 Å². The SMILES string of the molecule is [C-]1=CC=CC1.[C-]1=CC=CC1.[Cl-].[Cl-].[SiH2]=[Ti+2]. The van der Waals surface area contributed by atoms with Gasteiger partial charge in [0.1, 0.15) is 0 Å². The van der Waals surface area contributed by atoms with Gasteiger partial charge in [0, 0.05) is 0 Å². The fraction of sp³-hybridized carbons (Fsp3) is 0.200. The third-order valence-electron chi connectivity index (χ3n) is 1.17. The molecule has 0 nitrogen and oxygen atoms in total. The summed E-state index contributed by atoms with van der Waals surface area (Å²) >= 11 is 2.03. The molecule has 0 heterocycles. The second-order valence-electron chi connectivity index (χ2n) is 2.01. The molecule has 76 valence electrons. The maximum atomic E-state index is 2.99. The van der Waals surface area contributed by atoms with Gasteiger partial charge in [-0.25, -0.2) is 24.3 Å². The molecule has 0 spiro atoms. The minimum atomic E-state index is 0. The van der Waals surface area contributed by atoms with Gasteiger partial charge < -0.3 is 24.8 Å². The van der Waals surface area contributed by atoms with Crippen molar-refractivity contribution in [3.05, 3.63) is 48.6 Å². The number of hydrogen-bond acceptors (Lipinski definition) is 0. The summed E-state index contributed by atoms with van der Waals surface area (Å²) in [6.45, 7) is 0. The standard InChI is InChI=1S/2C5H5.2ClH.H2Si.Ti/c2*1-2-4-5-3-1;;;;/h2*1-3H,4H2;2*1H;1H2;/q2*-1;;;;+2/p-2. The van der Waals surface area contributed by atoms with Crippen molar-refractivity contribution in [2.24, 2.45) is 0 Å². The summed E-state index contributed by atoms with van der Waals surface area (Å²) < 4.78 is 0. The van der Waals surface area contributed by atoms with E-state index in [2.05, 4.69) is 24.3 Å². The van der Waals surface area contributed by atoms with E-state index in [0.717, 1.165) is 12.8 Å². The minimum absolute atomic E-state index is 0. The summed E-state index contributed by atoms with van der Waals surface area (Å²) in [5, 5.41) is 0. The molecule has 2 aliphatic carbocycles. The first kappa shape index (κ1) is 20.0. The molecule has 0 aromatic rings. The van der Waals surface area contributed by atoms with Gasteiger partial charge in [-0.15, -0.1) is 12.8 Å². The first-order chi connectivity index (χ1) is 6.00. The molecular formula is C10H12Cl2SiTi-2. The Morgan fingerprint density at radius 1 is 0.857 bits per heavy atom. The van der Waals surface area contributed by atoms with E-state index in [4.69, 9.17) is 0 Å². The Morgan fingerprint density at radius 3 is 1.29 bits per heavy atom. The molecule has 0 bridgehead atoms. The van der Waals surface area contributed by atoms with E-state index in [0.29, 0.717) is 0 Å². The van der Waals surface area contributed by atoms with Crippen LogP contribution in [0.2, 0.25) is 0 Å². The summed E-state index contributed by atoms with van der Waals surface area (Å²) in [6.07, 6.45) is 20.0. The van der Waals surface area contributed by atoms with Crippen LogP contribution < -0.4 is 24.8 Å². The number of halogens is 2. The molecule has 0 N–H and O–H groups in total. The molecule has 0 atom stereocenters. The molecule has 0 unspecified atom stereocenters. The second kappa shape index (κ2) is 19.1. The molecule has 0 radical (unpaired) electrons. The van der Waals surface area contributed by atoms with Crippen LogP contribution in [0.3, 0.4) is 0 Å². The quantitative estimate of drug-likeness (QED) is 0.311. The molecule has 0 aromatic carbocycles. The summed E-state index contributed by atoms with van der Waals surface area (Å²) in [6, 6.07) is 0. The van der Waals surface area contributed by atoms with Crippen LogP contribution in [0, 0.1) is 12.2 Å². The van der Waals surface area contributed by atoms with Crippen LogP contribution in [-0.4, -0.2) is 7.63 Å². The molecular weight excluding hydrogens is 267 g/mol. The average Bonchev–Trinajstić information content (AvgIpc) is 2.87. The molecule has 4 heteroatoms. The van der Waals surface area contributed by atoms with Gasteiger partial charge in [0.15, 0.2) is 0 Å². The molecule has 0 aromatic heterocycles. The summed E-state index contributed by atoms with van der Waals surface area (Å²) in [7, 11) is 1.86. The van der Waals surface area contributed by atoms with Crippen molar-refractivity contribution in [3.8, 4) is 0 Å². The van der Waals surface area contributed by atoms with Crippen LogP contribution in [0.5, 0.6) is 0 Å². The zero-order chi connectivity index (χ0) is 9.07. The summed E-state index contributed by atoms with van der Waals surface area (Å²) in [5.41, 5.74) is 0. The molecule has 2 aliphatic rings. The van der Waals surface area contributed by atoms with E-state index >= 15 is 0 Å². The predicted octanol–water partition coefficient (Wildman–Crippen LogP) is -4.30. The Labute approximate surface area is 112 Å². The summed E-state index contributed by atoms with van der Waals surface area (Å²) in [5.74, 6) is 0. The Hall–Kier alpha value is 0.471. The van der Waals surface area contributed by atoms with Crippen LogP contribution in [0.25, 0.3) is 0 Å². The molecule has 0 amide bonds. The number of rotatable bonds is 0. The fourth-order valence-corrected chi connectivity index (χ4v) is 0.680. The number of allylic oxidation sites excluding steroid dienone is 8. The molecule has 0 saturated heterocycles. The van der Waals surface area contributed by atoms with Crippen molar-refractivity contribution in [3.63, 3.8) is 0 Å². The number of hydrogen-bond donors (Lipinski definition) is 0. The molecule has 0 aliphatic heterocycles. The first-order valence-electron chi connectivity index (χ1n) is 3.79. The van der Waals surface area contributed by atoms with Crippen LogP contribution in [0.1, 0.15) is 12.8 Å². The second-order valence-corrected chi connectivity index (χ2v) is 2.01. The van der Waals surface area contributed by atoms with Crippen molar-refractivity contribution >= 4 is 7.63 Å². The van der Waals surface area contributed by atoms with E-state index in [-0.39, 0.29) is 24.8 Å². The zero-order valence-corrected chi connectivity index (χ0v) is 12.3. The normalized spacial score (nSPS) is 13.0. The Bertz CT molecular complexity index is 168. The van der Waals surface area contributed by atoms with Crippen molar-refractivity contribution in [1.82, 2.24) is 0 Å². The molecule has 0 fully saturated rings. The average molecular weight is 279 g/mol. The Morgan fingerprint density at radius 2 is 1.21 bits per heavy atom. The van der Waals surface area contributed by atoms with Crippen molar-refractivity contribution in [1.29, 1.82) is 0 Å². The van der Waals surface area contributed by atoms with Gasteiger partial charge in [0.25, 0.3) is 0 Å². The van der Waals surface area contributed by atoms with Gasteiger partial charge >= 0.3 is 26.8 Å². The van der Waals surface area contributed by atoms with E-state index in [1.165, 1.54) is 0 Å². The van der Waals surface area contributed by atoms with Crippen LogP contribution >= 0.6 is 0 Å². The maximum absolute atomic E-state index is 2.99. The summed E-state index contributed by atoms with van der Waals surface area (Å²) in [4.78, 5) is 0. The fourth-order valence-electron chi connectivity index (χ4n) is 0.680. The third-order valence-corrected chi connectivity index (χ3v) is 1.17. The van der Waals surface area contributed by atoms with E-state index in [9.17, 15) is 0 Å². The predicted molar refractivity (Wildman–Crippen MR) is 51.7 cm³/mol. The van der Waals surface area contributed by atoms with Crippen molar-refractivity contribution in [2.45, 2.75) is 12.8 Å². The van der Waals surface area contributed by atoms with E-state index in [1.807, 2.05) is 51.1 Å². The monoisotopic (exact) mass is 278 g/mol. The zero-order valence-electron chi connectivity index (χ0n) is 7.84. The molecule has 0 saturated carbocycles. The van der Waals surface area contributed by atoms with E-state index in [1.54, 1.807) is 0 Å². The first-order valence-corrected chi connectivity index (χ1v) is 7.81. The topological polar surface area (TPSA) is 0 Å². The van der Waals surface area contributed by atoms with Crippen LogP contribution in [0.4, 0.5) is 0 Å². The molecule has 14 heavy (non-hydrogen) atoms. The van der Waals surface area contributed by atoms with Crippen LogP contribution in [-0.2, 0) is 19.2 Å².